The summed E-state index contributed by atoms with van der Waals surface area (Å²) in [5.41, 5.74) is 2.04. The summed E-state index contributed by atoms with van der Waals surface area (Å²) in [4.78, 5) is 35.4. The lowest BCUT2D eigenvalue weighted by molar-refractivity contribution is -0.118. The Bertz CT molecular complexity index is 935. The van der Waals surface area contributed by atoms with Crippen molar-refractivity contribution in [2.24, 2.45) is 19.2 Å². The van der Waals surface area contributed by atoms with Crippen molar-refractivity contribution in [1.29, 1.82) is 0 Å². The largest absolute Gasteiger partial charge is 0.493 e. The van der Waals surface area contributed by atoms with E-state index in [1.165, 1.54) is 20.3 Å². The van der Waals surface area contributed by atoms with Crippen molar-refractivity contribution in [3.05, 3.63) is 50.7 Å². The molecule has 10 heteroatoms. The van der Waals surface area contributed by atoms with Gasteiger partial charge < -0.3 is 4.74 Å². The Kier molecular flexibility index (Phi) is 6.73. The van der Waals surface area contributed by atoms with Crippen LogP contribution in [0.3, 0.4) is 0 Å². The second kappa shape index (κ2) is 8.99. The van der Waals surface area contributed by atoms with E-state index >= 15 is 0 Å². The fourth-order valence-corrected chi connectivity index (χ4v) is 2.75. The second-order valence-electron chi connectivity index (χ2n) is 5.13. The molecule has 138 valence electrons. The third-order valence-corrected chi connectivity index (χ3v) is 4.18. The van der Waals surface area contributed by atoms with Gasteiger partial charge in [-0.1, -0.05) is 23.9 Å². The van der Waals surface area contributed by atoms with Crippen molar-refractivity contribution in [2.45, 2.75) is 11.9 Å². The molecular weight excluding hydrogens is 358 g/mol. The van der Waals surface area contributed by atoms with Crippen molar-refractivity contribution in [1.82, 2.24) is 19.8 Å². The molecule has 0 saturated heterocycles. The van der Waals surface area contributed by atoms with Gasteiger partial charge in [-0.3, -0.25) is 14.2 Å². The molecule has 2 aromatic rings. The van der Waals surface area contributed by atoms with Crippen LogP contribution in [0.2, 0.25) is 0 Å². The molecule has 0 fully saturated rings. The SMILES string of the molecule is CCOc1ccccc1/C=N\NC(=O)CSc1nn(C)c(=O)n(C)c1=O. The van der Waals surface area contributed by atoms with Crippen LogP contribution in [-0.4, -0.2) is 38.8 Å². The lowest BCUT2D eigenvalue weighted by Crippen LogP contribution is -2.39. The first-order valence-electron chi connectivity index (χ1n) is 7.75. The van der Waals surface area contributed by atoms with Gasteiger partial charge in [0.05, 0.1) is 18.6 Å². The molecule has 2 rings (SSSR count). The molecule has 26 heavy (non-hydrogen) atoms. The fraction of sp³-hybridized carbons (Fsp3) is 0.312. The molecule has 0 saturated carbocycles. The Hall–Kier alpha value is -2.88. The van der Waals surface area contributed by atoms with Gasteiger partial charge >= 0.3 is 5.69 Å². The van der Waals surface area contributed by atoms with Gasteiger partial charge in [-0.15, -0.1) is 0 Å². The fourth-order valence-electron chi connectivity index (χ4n) is 1.97. The highest BCUT2D eigenvalue weighted by atomic mass is 32.2. The molecule has 1 N–H and O–H groups in total. The number of nitrogens with zero attached hydrogens (tertiary/aromatic N) is 4. The van der Waals surface area contributed by atoms with Crippen LogP contribution in [0.25, 0.3) is 0 Å². The lowest BCUT2D eigenvalue weighted by Gasteiger charge is -2.06. The van der Waals surface area contributed by atoms with Crippen molar-refractivity contribution in [3.63, 3.8) is 0 Å². The number of aryl methyl sites for hydroxylation is 1. The van der Waals surface area contributed by atoms with E-state index in [9.17, 15) is 14.4 Å². The number of hydrogen-bond donors (Lipinski definition) is 1. The molecule has 0 unspecified atom stereocenters. The van der Waals surface area contributed by atoms with E-state index in [0.29, 0.717) is 12.4 Å². The molecular formula is C16H19N5O4S. The van der Waals surface area contributed by atoms with Crippen molar-refractivity contribution >= 4 is 23.9 Å². The lowest BCUT2D eigenvalue weighted by atomic mass is 10.2. The first kappa shape index (κ1) is 19.4. The number of amides is 1. The minimum atomic E-state index is -0.542. The minimum absolute atomic E-state index is 0.0646. The smallest absolute Gasteiger partial charge is 0.346 e. The third-order valence-electron chi connectivity index (χ3n) is 3.24. The van der Waals surface area contributed by atoms with E-state index in [1.54, 1.807) is 0 Å². The summed E-state index contributed by atoms with van der Waals surface area (Å²) in [6.07, 6.45) is 1.48. The molecule has 0 aliphatic rings. The van der Waals surface area contributed by atoms with Crippen LogP contribution in [0.5, 0.6) is 5.75 Å². The zero-order chi connectivity index (χ0) is 19.1. The van der Waals surface area contributed by atoms with Crippen LogP contribution in [0.1, 0.15) is 12.5 Å². The Morgan fingerprint density at radius 1 is 1.35 bits per heavy atom. The van der Waals surface area contributed by atoms with Crippen LogP contribution < -0.4 is 21.4 Å². The van der Waals surface area contributed by atoms with E-state index in [2.05, 4.69) is 15.6 Å². The number of thioether (sulfide) groups is 1. The van der Waals surface area contributed by atoms with Gasteiger partial charge in [0, 0.05) is 19.7 Å². The third kappa shape index (κ3) is 4.82. The summed E-state index contributed by atoms with van der Waals surface area (Å²) in [5, 5.41) is 7.82. The zero-order valence-electron chi connectivity index (χ0n) is 14.6. The number of carbonyl (C=O) groups is 1. The van der Waals surface area contributed by atoms with Gasteiger partial charge in [0.2, 0.25) is 5.91 Å². The first-order valence-corrected chi connectivity index (χ1v) is 8.73. The molecule has 1 aromatic carbocycles. The number of rotatable bonds is 7. The molecule has 9 nitrogen and oxygen atoms in total. The molecule has 0 radical (unpaired) electrons. The van der Waals surface area contributed by atoms with E-state index in [1.807, 2.05) is 31.2 Å². The highest BCUT2D eigenvalue weighted by molar-refractivity contribution is 7.99. The normalized spacial score (nSPS) is 10.9. The van der Waals surface area contributed by atoms with E-state index in [-0.39, 0.29) is 10.8 Å². The number of hydrazone groups is 1. The highest BCUT2D eigenvalue weighted by Crippen LogP contribution is 2.15. The average molecular weight is 377 g/mol. The Morgan fingerprint density at radius 3 is 2.81 bits per heavy atom. The summed E-state index contributed by atoms with van der Waals surface area (Å²) in [6.45, 7) is 2.40. The Morgan fingerprint density at radius 2 is 2.08 bits per heavy atom. The molecule has 0 aliphatic carbocycles. The predicted octanol–water partition coefficient (Wildman–Crippen LogP) is 0.120. The zero-order valence-corrected chi connectivity index (χ0v) is 15.4. The standard InChI is InChI=1S/C16H19N5O4S/c1-4-25-12-8-6-5-7-11(12)9-17-18-13(22)10-26-14-15(23)20(2)16(24)21(3)19-14/h5-9H,4,10H2,1-3H3,(H,18,22)/b17-9-. The maximum absolute atomic E-state index is 11.9. The number of para-hydroxylation sites is 1. The molecule has 0 aliphatic heterocycles. The summed E-state index contributed by atoms with van der Waals surface area (Å²) in [5.74, 6) is 0.198. The Balaban J connectivity index is 1.96. The van der Waals surface area contributed by atoms with Crippen molar-refractivity contribution in [3.8, 4) is 5.75 Å². The maximum Gasteiger partial charge on any atom is 0.346 e. The highest BCUT2D eigenvalue weighted by Gasteiger charge is 2.11. The Labute approximate surface area is 153 Å². The molecule has 0 bridgehead atoms. The number of ether oxygens (including phenoxy) is 1. The molecule has 0 atom stereocenters. The molecule has 1 heterocycles. The average Bonchev–Trinajstić information content (AvgIpc) is 2.63. The van der Waals surface area contributed by atoms with Crippen molar-refractivity contribution < 1.29 is 9.53 Å². The molecule has 1 aromatic heterocycles. The van der Waals surface area contributed by atoms with Crippen LogP contribution in [0, 0.1) is 0 Å². The molecule has 0 spiro atoms. The maximum atomic E-state index is 11.9. The number of hydrogen-bond acceptors (Lipinski definition) is 7. The van der Waals surface area contributed by atoms with E-state index in [0.717, 1.165) is 26.6 Å². The molecule has 1 amide bonds. The summed E-state index contributed by atoms with van der Waals surface area (Å²) in [7, 11) is 2.79. The van der Waals surface area contributed by atoms with Crippen molar-refractivity contribution in [2.75, 3.05) is 12.4 Å². The monoisotopic (exact) mass is 377 g/mol. The van der Waals surface area contributed by atoms with Crippen LogP contribution >= 0.6 is 11.8 Å². The van der Waals surface area contributed by atoms with Gasteiger partial charge in [0.1, 0.15) is 5.75 Å². The van der Waals surface area contributed by atoms with Gasteiger partial charge in [-0.2, -0.15) is 10.2 Å². The van der Waals surface area contributed by atoms with Crippen LogP contribution in [0.4, 0.5) is 0 Å². The van der Waals surface area contributed by atoms with Crippen LogP contribution in [-0.2, 0) is 18.9 Å². The second-order valence-corrected chi connectivity index (χ2v) is 6.09. The van der Waals surface area contributed by atoms with Gasteiger partial charge in [-0.25, -0.2) is 14.9 Å². The van der Waals surface area contributed by atoms with Crippen LogP contribution in [0.15, 0.2) is 44.0 Å². The predicted molar refractivity (Wildman–Crippen MR) is 98.8 cm³/mol. The number of aromatic nitrogens is 3. The topological polar surface area (TPSA) is 108 Å². The first-order chi connectivity index (χ1) is 12.4. The summed E-state index contributed by atoms with van der Waals surface area (Å²) in [6, 6.07) is 7.30. The van der Waals surface area contributed by atoms with E-state index in [4.69, 9.17) is 4.74 Å². The number of carbonyl (C=O) groups excluding carboxylic acids is 1. The minimum Gasteiger partial charge on any atom is -0.493 e. The number of benzene rings is 1. The number of nitrogens with one attached hydrogen (secondary N) is 1. The van der Waals surface area contributed by atoms with E-state index < -0.39 is 17.2 Å². The summed E-state index contributed by atoms with van der Waals surface area (Å²) >= 11 is 0.935. The van der Waals surface area contributed by atoms with Gasteiger partial charge in [0.15, 0.2) is 5.03 Å². The van der Waals surface area contributed by atoms with Gasteiger partial charge in [-0.05, 0) is 19.1 Å². The van der Waals surface area contributed by atoms with Gasteiger partial charge in [0.25, 0.3) is 5.56 Å². The quantitative estimate of drug-likeness (QED) is 0.417. The summed E-state index contributed by atoms with van der Waals surface area (Å²) < 4.78 is 7.45.